The van der Waals surface area contributed by atoms with Crippen molar-refractivity contribution in [2.75, 3.05) is 6.54 Å². The van der Waals surface area contributed by atoms with E-state index < -0.39 is 0 Å². The van der Waals surface area contributed by atoms with Crippen LogP contribution in [0.25, 0.3) is 6.08 Å². The van der Waals surface area contributed by atoms with Gasteiger partial charge in [-0.05, 0) is 61.6 Å². The van der Waals surface area contributed by atoms with Crippen LogP contribution in [0.3, 0.4) is 0 Å². The molecule has 38 heavy (non-hydrogen) atoms. The first-order valence-electron chi connectivity index (χ1n) is 13.7. The maximum absolute atomic E-state index is 13.7. The number of hydrogen-bond donors (Lipinski definition) is 0. The van der Waals surface area contributed by atoms with E-state index in [1.807, 2.05) is 72.5 Å². The Hall–Kier alpha value is -3.31. The predicted molar refractivity (Wildman–Crippen MR) is 157 cm³/mol. The highest BCUT2D eigenvalue weighted by Gasteiger charge is 2.40. The highest BCUT2D eigenvalue weighted by Crippen LogP contribution is 2.42. The Morgan fingerprint density at radius 2 is 1.71 bits per heavy atom. The number of thioether (sulfide) groups is 1. The van der Waals surface area contributed by atoms with Gasteiger partial charge in [-0.1, -0.05) is 85.1 Å². The molecule has 1 aliphatic carbocycles. The molecule has 0 bridgehead atoms. The van der Waals surface area contributed by atoms with Crippen molar-refractivity contribution in [3.63, 3.8) is 0 Å². The van der Waals surface area contributed by atoms with Crippen LogP contribution in [0.5, 0.6) is 0 Å². The number of benzene rings is 3. The third-order valence-electron chi connectivity index (χ3n) is 7.59. The molecule has 1 saturated carbocycles. The van der Waals surface area contributed by atoms with E-state index in [1.165, 1.54) is 24.0 Å². The molecular weight excluding hydrogens is 488 g/mol. The van der Waals surface area contributed by atoms with Gasteiger partial charge in [-0.25, -0.2) is 0 Å². The van der Waals surface area contributed by atoms with Gasteiger partial charge in [0.1, 0.15) is 0 Å². The van der Waals surface area contributed by atoms with Crippen molar-refractivity contribution in [1.82, 2.24) is 9.80 Å². The van der Waals surface area contributed by atoms with E-state index in [4.69, 9.17) is 0 Å². The molecule has 3 aromatic carbocycles. The predicted octanol–water partition coefficient (Wildman–Crippen LogP) is 7.09. The molecule has 3 aromatic rings. The minimum Gasteiger partial charge on any atom is -0.335 e. The number of hydrogen-bond acceptors (Lipinski definition) is 3. The summed E-state index contributed by atoms with van der Waals surface area (Å²) < 4.78 is 0. The van der Waals surface area contributed by atoms with Gasteiger partial charge in [0.2, 0.25) is 0 Å². The molecule has 1 saturated heterocycles. The number of carbonyl (C=O) groups is 2. The van der Waals surface area contributed by atoms with Gasteiger partial charge in [-0.15, -0.1) is 11.8 Å². The fourth-order valence-corrected chi connectivity index (χ4v) is 7.03. The summed E-state index contributed by atoms with van der Waals surface area (Å²) in [5.74, 6) is 0.146. The second-order valence-electron chi connectivity index (χ2n) is 10.4. The average Bonchev–Trinajstić information content (AvgIpc) is 2.94. The average molecular weight is 525 g/mol. The Morgan fingerprint density at radius 1 is 0.974 bits per heavy atom. The van der Waals surface area contributed by atoms with Gasteiger partial charge in [0.05, 0.1) is 4.91 Å². The summed E-state index contributed by atoms with van der Waals surface area (Å²) in [7, 11) is 0. The molecule has 5 rings (SSSR count). The van der Waals surface area contributed by atoms with E-state index in [9.17, 15) is 9.59 Å². The zero-order chi connectivity index (χ0) is 26.5. The standard InChI is InChI=1S/C33H36N2O2S/c1-3-34(22-26-11-5-4-6-12-26)32(36)28-18-16-25(17-19-28)21-31-33(37)35(23-27-13-9-10-24(2)20-27)29-14-7-8-15-30(29)38-31/h4-6,9-13,16-21,29-30H,3,7-8,14-15,22-23H2,1-2H3/b31-21+. The molecule has 4 nitrogen and oxygen atoms in total. The van der Waals surface area contributed by atoms with E-state index >= 15 is 0 Å². The van der Waals surface area contributed by atoms with Crippen molar-refractivity contribution in [1.29, 1.82) is 0 Å². The van der Waals surface area contributed by atoms with Crippen LogP contribution in [0.1, 0.15) is 65.2 Å². The lowest BCUT2D eigenvalue weighted by Gasteiger charge is -2.44. The van der Waals surface area contributed by atoms with Crippen LogP contribution < -0.4 is 0 Å². The molecule has 1 aliphatic heterocycles. The molecule has 0 N–H and O–H groups in total. The lowest BCUT2D eigenvalue weighted by atomic mass is 9.92. The maximum Gasteiger partial charge on any atom is 0.260 e. The SMILES string of the molecule is CCN(Cc1ccccc1)C(=O)c1ccc(/C=C2/SC3CCCCC3N(Cc3cccc(C)c3)C2=O)cc1. The van der Waals surface area contributed by atoms with Crippen LogP contribution in [0.2, 0.25) is 0 Å². The fourth-order valence-electron chi connectivity index (χ4n) is 5.56. The third-order valence-corrected chi connectivity index (χ3v) is 8.99. The van der Waals surface area contributed by atoms with Crippen LogP contribution in [0.4, 0.5) is 0 Å². The van der Waals surface area contributed by atoms with Crippen LogP contribution in [-0.4, -0.2) is 39.5 Å². The van der Waals surface area contributed by atoms with Gasteiger partial charge >= 0.3 is 0 Å². The minimum atomic E-state index is 0.0213. The van der Waals surface area contributed by atoms with Crippen LogP contribution >= 0.6 is 11.8 Å². The topological polar surface area (TPSA) is 40.6 Å². The third kappa shape index (κ3) is 6.05. The van der Waals surface area contributed by atoms with E-state index in [-0.39, 0.29) is 11.8 Å². The highest BCUT2D eigenvalue weighted by atomic mass is 32.2. The van der Waals surface area contributed by atoms with Gasteiger partial charge < -0.3 is 9.80 Å². The summed E-state index contributed by atoms with van der Waals surface area (Å²) >= 11 is 1.75. The van der Waals surface area contributed by atoms with E-state index in [0.29, 0.717) is 36.5 Å². The zero-order valence-electron chi connectivity index (χ0n) is 22.3. The van der Waals surface area contributed by atoms with E-state index in [1.54, 1.807) is 11.8 Å². The quantitative estimate of drug-likeness (QED) is 0.310. The van der Waals surface area contributed by atoms with Crippen LogP contribution in [0, 0.1) is 6.92 Å². The second-order valence-corrected chi connectivity index (χ2v) is 11.6. The van der Waals surface area contributed by atoms with E-state index in [0.717, 1.165) is 28.9 Å². The summed E-state index contributed by atoms with van der Waals surface area (Å²) in [5.41, 5.74) is 5.15. The van der Waals surface area contributed by atoms with Gasteiger partial charge in [-0.2, -0.15) is 0 Å². The summed E-state index contributed by atoms with van der Waals surface area (Å²) in [6.07, 6.45) is 6.65. The largest absolute Gasteiger partial charge is 0.335 e. The number of amides is 2. The monoisotopic (exact) mass is 524 g/mol. The van der Waals surface area contributed by atoms with E-state index in [2.05, 4.69) is 36.1 Å². The van der Waals surface area contributed by atoms with Crippen molar-refractivity contribution >= 4 is 29.7 Å². The zero-order valence-corrected chi connectivity index (χ0v) is 23.1. The van der Waals surface area contributed by atoms with Gasteiger partial charge in [0, 0.05) is 36.5 Å². The lowest BCUT2D eigenvalue weighted by molar-refractivity contribution is -0.130. The molecule has 2 fully saturated rings. The van der Waals surface area contributed by atoms with Gasteiger partial charge in [0.25, 0.3) is 11.8 Å². The molecule has 2 atom stereocenters. The molecule has 2 aliphatic rings. The smallest absolute Gasteiger partial charge is 0.260 e. The molecule has 1 heterocycles. The molecular formula is C33H36N2O2S. The molecule has 196 valence electrons. The molecule has 0 spiro atoms. The maximum atomic E-state index is 13.7. The van der Waals surface area contributed by atoms with Crippen LogP contribution in [0.15, 0.2) is 83.8 Å². The Morgan fingerprint density at radius 3 is 2.45 bits per heavy atom. The highest BCUT2D eigenvalue weighted by molar-refractivity contribution is 8.04. The lowest BCUT2D eigenvalue weighted by Crippen LogP contribution is -2.50. The number of rotatable bonds is 7. The van der Waals surface area contributed by atoms with Crippen molar-refractivity contribution in [2.24, 2.45) is 0 Å². The summed E-state index contributed by atoms with van der Waals surface area (Å²) in [4.78, 5) is 31.7. The van der Waals surface area contributed by atoms with Crippen molar-refractivity contribution in [2.45, 2.75) is 63.9 Å². The molecule has 2 unspecified atom stereocenters. The first-order chi connectivity index (χ1) is 18.5. The Kier molecular flexibility index (Phi) is 8.33. The minimum absolute atomic E-state index is 0.0213. The Bertz CT molecular complexity index is 1300. The number of aryl methyl sites for hydroxylation is 1. The Balaban J connectivity index is 1.34. The molecule has 5 heteroatoms. The van der Waals surface area contributed by atoms with Crippen molar-refractivity contribution in [3.8, 4) is 0 Å². The second kappa shape index (κ2) is 12.0. The Labute approximate surface area is 230 Å². The fraction of sp³-hybridized carbons (Fsp3) is 0.333. The van der Waals surface area contributed by atoms with Crippen LogP contribution in [-0.2, 0) is 17.9 Å². The number of fused-ring (bicyclic) bond motifs is 1. The molecule has 0 radical (unpaired) electrons. The number of nitrogens with zero attached hydrogens (tertiary/aromatic N) is 2. The van der Waals surface area contributed by atoms with Gasteiger partial charge in [-0.3, -0.25) is 9.59 Å². The first kappa shape index (κ1) is 26.3. The molecule has 2 amide bonds. The first-order valence-corrected chi connectivity index (χ1v) is 14.6. The normalized spacial score (nSPS) is 20.3. The van der Waals surface area contributed by atoms with Crippen molar-refractivity contribution < 1.29 is 9.59 Å². The van der Waals surface area contributed by atoms with Gasteiger partial charge in [0.15, 0.2) is 0 Å². The number of carbonyl (C=O) groups excluding carboxylic acids is 2. The molecule has 0 aromatic heterocycles. The summed E-state index contributed by atoms with van der Waals surface area (Å²) in [6, 6.07) is 26.5. The van der Waals surface area contributed by atoms with Crippen molar-refractivity contribution in [3.05, 3.63) is 112 Å². The summed E-state index contributed by atoms with van der Waals surface area (Å²) in [5, 5.41) is 0.439. The summed E-state index contributed by atoms with van der Waals surface area (Å²) in [6.45, 7) is 5.99.